The molecule has 10 heteroatoms. The van der Waals surface area contributed by atoms with Crippen LogP contribution in [0.4, 0.5) is 0 Å². The van der Waals surface area contributed by atoms with Crippen LogP contribution >= 0.6 is 0 Å². The molecule has 0 unspecified atom stereocenters. The van der Waals surface area contributed by atoms with Gasteiger partial charge in [0, 0.05) is 32.1 Å². The fourth-order valence-corrected chi connectivity index (χ4v) is 6.04. The van der Waals surface area contributed by atoms with Gasteiger partial charge in [0.1, 0.15) is 0 Å². The summed E-state index contributed by atoms with van der Waals surface area (Å²) >= 11 is 0. The zero-order chi connectivity index (χ0) is 23.4. The molecule has 32 heavy (non-hydrogen) atoms. The standard InChI is InChI=1S/C22H29N3O5S2/c1-17-3-7-20(8-4-17)31(27,28)24-14-13-23-22(26)19-11-15-25(16-12-19)32(29,30)21-9-5-18(2)6-10-21/h3-10,19,24H,11-16H2,1-2H3,(H,23,26). The lowest BCUT2D eigenvalue weighted by Crippen LogP contribution is -2.44. The van der Waals surface area contributed by atoms with Crippen molar-refractivity contribution in [2.24, 2.45) is 5.92 Å². The highest BCUT2D eigenvalue weighted by atomic mass is 32.2. The summed E-state index contributed by atoms with van der Waals surface area (Å²) in [6.45, 7) is 4.55. The molecule has 2 N–H and O–H groups in total. The van der Waals surface area contributed by atoms with Gasteiger partial charge in [-0.25, -0.2) is 21.6 Å². The first-order valence-electron chi connectivity index (χ1n) is 10.5. The van der Waals surface area contributed by atoms with Gasteiger partial charge in [0.05, 0.1) is 9.79 Å². The number of aryl methyl sites for hydroxylation is 2. The van der Waals surface area contributed by atoms with Gasteiger partial charge in [0.15, 0.2) is 0 Å². The van der Waals surface area contributed by atoms with Gasteiger partial charge in [-0.15, -0.1) is 0 Å². The van der Waals surface area contributed by atoms with Crippen LogP contribution < -0.4 is 10.0 Å². The van der Waals surface area contributed by atoms with E-state index in [0.29, 0.717) is 12.8 Å². The van der Waals surface area contributed by atoms with Gasteiger partial charge in [0.2, 0.25) is 26.0 Å². The molecule has 1 aliphatic heterocycles. The second-order valence-electron chi connectivity index (χ2n) is 7.99. The summed E-state index contributed by atoms with van der Waals surface area (Å²) in [5.74, 6) is -0.486. The molecule has 1 amide bonds. The summed E-state index contributed by atoms with van der Waals surface area (Å²) in [5.41, 5.74) is 1.95. The van der Waals surface area contributed by atoms with Crippen LogP contribution in [-0.4, -0.2) is 53.2 Å². The molecule has 1 saturated heterocycles. The highest BCUT2D eigenvalue weighted by molar-refractivity contribution is 7.89. The predicted molar refractivity (Wildman–Crippen MR) is 122 cm³/mol. The number of nitrogens with one attached hydrogen (secondary N) is 2. The van der Waals surface area contributed by atoms with Crippen LogP contribution in [0, 0.1) is 19.8 Å². The molecule has 0 aliphatic carbocycles. The lowest BCUT2D eigenvalue weighted by atomic mass is 9.97. The van der Waals surface area contributed by atoms with E-state index in [1.54, 1.807) is 36.4 Å². The molecule has 0 spiro atoms. The van der Waals surface area contributed by atoms with E-state index in [1.165, 1.54) is 16.4 Å². The van der Waals surface area contributed by atoms with Crippen molar-refractivity contribution in [1.29, 1.82) is 0 Å². The van der Waals surface area contributed by atoms with Gasteiger partial charge in [-0.05, 0) is 51.0 Å². The maximum absolute atomic E-state index is 12.8. The average Bonchev–Trinajstić information content (AvgIpc) is 2.77. The van der Waals surface area contributed by atoms with Crippen molar-refractivity contribution < 1.29 is 21.6 Å². The lowest BCUT2D eigenvalue weighted by molar-refractivity contribution is -0.126. The molecular weight excluding hydrogens is 450 g/mol. The zero-order valence-corrected chi connectivity index (χ0v) is 19.9. The molecule has 2 aromatic carbocycles. The minimum Gasteiger partial charge on any atom is -0.355 e. The number of hydrogen-bond acceptors (Lipinski definition) is 5. The van der Waals surface area contributed by atoms with Crippen molar-refractivity contribution in [3.05, 3.63) is 59.7 Å². The van der Waals surface area contributed by atoms with Crippen molar-refractivity contribution in [3.63, 3.8) is 0 Å². The third-order valence-electron chi connectivity index (χ3n) is 5.53. The third kappa shape index (κ3) is 5.94. The minimum absolute atomic E-state index is 0.0720. The summed E-state index contributed by atoms with van der Waals surface area (Å²) in [4.78, 5) is 12.9. The molecule has 174 valence electrons. The number of hydrogen-bond donors (Lipinski definition) is 2. The van der Waals surface area contributed by atoms with Crippen LogP contribution in [0.1, 0.15) is 24.0 Å². The normalized spacial score (nSPS) is 16.1. The zero-order valence-electron chi connectivity index (χ0n) is 18.2. The maximum Gasteiger partial charge on any atom is 0.243 e. The Morgan fingerprint density at radius 2 is 1.34 bits per heavy atom. The van der Waals surface area contributed by atoms with E-state index in [-0.39, 0.29) is 47.8 Å². The Morgan fingerprint density at radius 1 is 0.844 bits per heavy atom. The Bertz CT molecular complexity index is 1140. The number of benzene rings is 2. The van der Waals surface area contributed by atoms with E-state index in [2.05, 4.69) is 10.0 Å². The van der Waals surface area contributed by atoms with Crippen LogP contribution in [0.15, 0.2) is 58.3 Å². The maximum atomic E-state index is 12.8. The number of nitrogens with zero attached hydrogens (tertiary/aromatic N) is 1. The first-order chi connectivity index (χ1) is 15.1. The summed E-state index contributed by atoms with van der Waals surface area (Å²) in [6.07, 6.45) is 0.845. The minimum atomic E-state index is -3.63. The van der Waals surface area contributed by atoms with E-state index in [1.807, 2.05) is 13.8 Å². The van der Waals surface area contributed by atoms with Crippen LogP contribution in [0.25, 0.3) is 0 Å². The second kappa shape index (κ2) is 10.1. The van der Waals surface area contributed by atoms with Gasteiger partial charge in [-0.1, -0.05) is 35.4 Å². The topological polar surface area (TPSA) is 113 Å². The first kappa shape index (κ1) is 24.4. The van der Waals surface area contributed by atoms with Crippen LogP contribution in [0.3, 0.4) is 0 Å². The second-order valence-corrected chi connectivity index (χ2v) is 11.7. The van der Waals surface area contributed by atoms with Gasteiger partial charge in [0.25, 0.3) is 0 Å². The molecule has 0 radical (unpaired) electrons. The Balaban J connectivity index is 1.44. The highest BCUT2D eigenvalue weighted by Crippen LogP contribution is 2.24. The molecule has 2 aromatic rings. The van der Waals surface area contributed by atoms with Crippen molar-refractivity contribution in [2.45, 2.75) is 36.5 Å². The number of rotatable bonds is 8. The van der Waals surface area contributed by atoms with Crippen LogP contribution in [0.5, 0.6) is 0 Å². The fraction of sp³-hybridized carbons (Fsp3) is 0.409. The molecule has 1 aliphatic rings. The van der Waals surface area contributed by atoms with Crippen molar-refractivity contribution in [3.8, 4) is 0 Å². The van der Waals surface area contributed by atoms with E-state index < -0.39 is 20.0 Å². The van der Waals surface area contributed by atoms with Crippen molar-refractivity contribution in [1.82, 2.24) is 14.3 Å². The van der Waals surface area contributed by atoms with Crippen molar-refractivity contribution >= 4 is 26.0 Å². The van der Waals surface area contributed by atoms with Gasteiger partial charge < -0.3 is 5.32 Å². The summed E-state index contributed by atoms with van der Waals surface area (Å²) in [5, 5.41) is 2.74. The lowest BCUT2D eigenvalue weighted by Gasteiger charge is -2.30. The molecule has 3 rings (SSSR count). The van der Waals surface area contributed by atoms with Gasteiger partial charge >= 0.3 is 0 Å². The third-order valence-corrected chi connectivity index (χ3v) is 8.92. The number of carbonyl (C=O) groups excluding carboxylic acids is 1. The average molecular weight is 480 g/mol. The van der Waals surface area contributed by atoms with Gasteiger partial charge in [-0.3, -0.25) is 4.79 Å². The first-order valence-corrected chi connectivity index (χ1v) is 13.4. The van der Waals surface area contributed by atoms with E-state index in [9.17, 15) is 21.6 Å². The number of carbonyl (C=O) groups is 1. The Morgan fingerprint density at radius 3 is 1.88 bits per heavy atom. The molecule has 0 bridgehead atoms. The number of piperidine rings is 1. The fourth-order valence-electron chi connectivity index (χ4n) is 3.53. The largest absolute Gasteiger partial charge is 0.355 e. The van der Waals surface area contributed by atoms with E-state index >= 15 is 0 Å². The van der Waals surface area contributed by atoms with Gasteiger partial charge in [-0.2, -0.15) is 4.31 Å². The molecular formula is C22H29N3O5S2. The quantitative estimate of drug-likeness (QED) is 0.561. The number of amides is 1. The molecule has 0 aromatic heterocycles. The summed E-state index contributed by atoms with van der Waals surface area (Å²) in [7, 11) is -7.20. The highest BCUT2D eigenvalue weighted by Gasteiger charge is 2.32. The summed E-state index contributed by atoms with van der Waals surface area (Å²) < 4.78 is 54.0. The molecule has 0 atom stereocenters. The number of sulfonamides is 2. The van der Waals surface area contributed by atoms with Crippen LogP contribution in [-0.2, 0) is 24.8 Å². The SMILES string of the molecule is Cc1ccc(S(=O)(=O)NCCNC(=O)C2CCN(S(=O)(=O)c3ccc(C)cc3)CC2)cc1. The Kier molecular flexibility index (Phi) is 7.71. The molecule has 1 fully saturated rings. The predicted octanol–water partition coefficient (Wildman–Crippen LogP) is 1.80. The molecule has 0 saturated carbocycles. The summed E-state index contributed by atoms with van der Waals surface area (Å²) in [6, 6.07) is 13.2. The van der Waals surface area contributed by atoms with Crippen molar-refractivity contribution in [2.75, 3.05) is 26.2 Å². The van der Waals surface area contributed by atoms with Crippen LogP contribution in [0.2, 0.25) is 0 Å². The van der Waals surface area contributed by atoms with E-state index in [0.717, 1.165) is 11.1 Å². The molecule has 8 nitrogen and oxygen atoms in total. The molecule has 1 heterocycles. The monoisotopic (exact) mass is 479 g/mol. The Labute approximate surface area is 190 Å². The Hall–Kier alpha value is -2.27. The van der Waals surface area contributed by atoms with E-state index in [4.69, 9.17) is 0 Å². The smallest absolute Gasteiger partial charge is 0.243 e.